The molecule has 0 heterocycles. The normalized spacial score (nSPS) is 26.5. The van der Waals surface area contributed by atoms with Crippen molar-refractivity contribution in [2.75, 3.05) is 6.54 Å². The van der Waals surface area contributed by atoms with Crippen LogP contribution in [0.1, 0.15) is 24.0 Å². The van der Waals surface area contributed by atoms with Crippen LogP contribution in [0, 0.1) is 5.92 Å². The van der Waals surface area contributed by atoms with Gasteiger partial charge in [-0.05, 0) is 60.4 Å². The third kappa shape index (κ3) is 0.894. The second-order valence-electron chi connectivity index (χ2n) is 4.63. The molecule has 74 valence electrons. The average Bonchev–Trinajstić information content (AvgIpc) is 2.88. The second kappa shape index (κ2) is 2.51. The van der Waals surface area contributed by atoms with Gasteiger partial charge in [0.15, 0.2) is 0 Å². The number of fused-ring (bicyclic) bond motifs is 2. The van der Waals surface area contributed by atoms with Crippen LogP contribution in [0.5, 0.6) is 5.75 Å². The summed E-state index contributed by atoms with van der Waals surface area (Å²) in [5.74, 6) is 0.997. The molecular formula is C12H15NO. The Balaban J connectivity index is 2.10. The number of phenols is 1. The molecule has 1 aromatic rings. The summed E-state index contributed by atoms with van der Waals surface area (Å²) in [7, 11) is 0. The van der Waals surface area contributed by atoms with Crippen LogP contribution in [-0.4, -0.2) is 11.7 Å². The van der Waals surface area contributed by atoms with E-state index < -0.39 is 0 Å². The molecule has 0 amide bonds. The van der Waals surface area contributed by atoms with Crippen molar-refractivity contribution in [2.45, 2.75) is 24.7 Å². The van der Waals surface area contributed by atoms with Crippen LogP contribution < -0.4 is 5.73 Å². The lowest BCUT2D eigenvalue weighted by molar-refractivity contribution is 0.450. The highest BCUT2D eigenvalue weighted by molar-refractivity contribution is 5.48. The first-order chi connectivity index (χ1) is 6.76. The molecule has 1 unspecified atom stereocenters. The Morgan fingerprint density at radius 3 is 2.86 bits per heavy atom. The van der Waals surface area contributed by atoms with Gasteiger partial charge in [0.05, 0.1) is 0 Å². The molecule has 0 aliphatic heterocycles. The highest BCUT2D eigenvalue weighted by atomic mass is 16.3. The largest absolute Gasteiger partial charge is 0.508 e. The number of nitrogens with two attached hydrogens (primary N) is 1. The van der Waals surface area contributed by atoms with Gasteiger partial charge in [-0.2, -0.15) is 0 Å². The van der Waals surface area contributed by atoms with Crippen molar-refractivity contribution in [1.29, 1.82) is 0 Å². The van der Waals surface area contributed by atoms with Crippen molar-refractivity contribution in [3.63, 3.8) is 0 Å². The Bertz CT molecular complexity index is 382. The number of phenolic OH excluding ortho intramolecular Hbond substituents is 1. The Hall–Kier alpha value is -1.02. The SMILES string of the molecule is NCC1Cc2cc(O)ccc2C12CC2. The van der Waals surface area contributed by atoms with Crippen molar-refractivity contribution in [1.82, 2.24) is 0 Å². The summed E-state index contributed by atoms with van der Waals surface area (Å²) in [4.78, 5) is 0. The predicted octanol–water partition coefficient (Wildman–Crippen LogP) is 1.55. The van der Waals surface area contributed by atoms with E-state index in [0.29, 0.717) is 17.1 Å². The van der Waals surface area contributed by atoms with E-state index in [-0.39, 0.29) is 0 Å². The van der Waals surface area contributed by atoms with Crippen LogP contribution in [0.15, 0.2) is 18.2 Å². The minimum atomic E-state index is 0.386. The van der Waals surface area contributed by atoms with Crippen LogP contribution in [0.25, 0.3) is 0 Å². The molecule has 2 aliphatic carbocycles. The van der Waals surface area contributed by atoms with E-state index in [0.717, 1.165) is 13.0 Å². The van der Waals surface area contributed by atoms with E-state index in [9.17, 15) is 5.11 Å². The van der Waals surface area contributed by atoms with E-state index in [1.807, 2.05) is 6.07 Å². The number of aromatic hydroxyl groups is 1. The summed E-state index contributed by atoms with van der Waals surface area (Å²) in [6.45, 7) is 0.773. The molecule has 2 aliphatic rings. The number of benzene rings is 1. The van der Waals surface area contributed by atoms with Crippen molar-refractivity contribution in [3.8, 4) is 5.75 Å². The molecule has 1 atom stereocenters. The second-order valence-corrected chi connectivity index (χ2v) is 4.63. The lowest BCUT2D eigenvalue weighted by atomic mass is 9.89. The van der Waals surface area contributed by atoms with Crippen LogP contribution in [-0.2, 0) is 11.8 Å². The van der Waals surface area contributed by atoms with E-state index >= 15 is 0 Å². The molecule has 1 fully saturated rings. The van der Waals surface area contributed by atoms with Gasteiger partial charge in [0, 0.05) is 0 Å². The molecule has 2 nitrogen and oxygen atoms in total. The summed E-state index contributed by atoms with van der Waals surface area (Å²) >= 11 is 0. The Labute approximate surface area is 83.7 Å². The van der Waals surface area contributed by atoms with Crippen LogP contribution in [0.3, 0.4) is 0 Å². The van der Waals surface area contributed by atoms with Gasteiger partial charge in [-0.1, -0.05) is 6.07 Å². The van der Waals surface area contributed by atoms with E-state index in [2.05, 4.69) is 6.07 Å². The van der Waals surface area contributed by atoms with Crippen LogP contribution in [0.2, 0.25) is 0 Å². The minimum absolute atomic E-state index is 0.386. The Kier molecular flexibility index (Phi) is 1.49. The molecule has 1 saturated carbocycles. The average molecular weight is 189 g/mol. The van der Waals surface area contributed by atoms with Crippen LogP contribution >= 0.6 is 0 Å². The third-order valence-electron chi connectivity index (χ3n) is 3.95. The molecule has 0 aromatic heterocycles. The summed E-state index contributed by atoms with van der Waals surface area (Å²) in [5, 5.41) is 9.41. The smallest absolute Gasteiger partial charge is 0.115 e. The van der Waals surface area contributed by atoms with Crippen molar-refractivity contribution < 1.29 is 5.11 Å². The van der Waals surface area contributed by atoms with Crippen molar-refractivity contribution in [2.24, 2.45) is 11.7 Å². The van der Waals surface area contributed by atoms with E-state index in [1.165, 1.54) is 24.0 Å². The first-order valence-electron chi connectivity index (χ1n) is 5.29. The fourth-order valence-corrected chi connectivity index (χ4v) is 3.04. The highest BCUT2D eigenvalue weighted by Crippen LogP contribution is 2.59. The third-order valence-corrected chi connectivity index (χ3v) is 3.95. The maximum atomic E-state index is 9.41. The minimum Gasteiger partial charge on any atom is -0.508 e. The Morgan fingerprint density at radius 2 is 2.21 bits per heavy atom. The summed E-state index contributed by atoms with van der Waals surface area (Å²) in [5.41, 5.74) is 8.97. The van der Waals surface area contributed by atoms with Crippen molar-refractivity contribution >= 4 is 0 Å². The van der Waals surface area contributed by atoms with E-state index in [1.54, 1.807) is 6.07 Å². The zero-order valence-corrected chi connectivity index (χ0v) is 8.16. The van der Waals surface area contributed by atoms with Gasteiger partial charge in [0.25, 0.3) is 0 Å². The summed E-state index contributed by atoms with van der Waals surface area (Å²) < 4.78 is 0. The van der Waals surface area contributed by atoms with Gasteiger partial charge < -0.3 is 10.8 Å². The molecule has 0 saturated heterocycles. The molecule has 14 heavy (non-hydrogen) atoms. The van der Waals surface area contributed by atoms with Gasteiger partial charge in [0.1, 0.15) is 5.75 Å². The lowest BCUT2D eigenvalue weighted by Crippen LogP contribution is -2.23. The zero-order chi connectivity index (χ0) is 9.76. The quantitative estimate of drug-likeness (QED) is 0.704. The first-order valence-corrected chi connectivity index (χ1v) is 5.29. The van der Waals surface area contributed by atoms with E-state index in [4.69, 9.17) is 5.73 Å². The molecule has 2 heteroatoms. The molecule has 1 aromatic carbocycles. The Morgan fingerprint density at radius 1 is 1.43 bits per heavy atom. The zero-order valence-electron chi connectivity index (χ0n) is 8.16. The van der Waals surface area contributed by atoms with Gasteiger partial charge in [-0.25, -0.2) is 0 Å². The fraction of sp³-hybridized carbons (Fsp3) is 0.500. The number of rotatable bonds is 1. The number of hydrogen-bond acceptors (Lipinski definition) is 2. The fourth-order valence-electron chi connectivity index (χ4n) is 3.04. The predicted molar refractivity (Wildman–Crippen MR) is 55.3 cm³/mol. The van der Waals surface area contributed by atoms with Crippen LogP contribution in [0.4, 0.5) is 0 Å². The molecule has 0 bridgehead atoms. The summed E-state index contributed by atoms with van der Waals surface area (Å²) in [6.07, 6.45) is 3.62. The molecule has 3 N–H and O–H groups in total. The molecule has 0 radical (unpaired) electrons. The molecule has 3 rings (SSSR count). The molecular weight excluding hydrogens is 174 g/mol. The molecule has 1 spiro atoms. The topological polar surface area (TPSA) is 46.2 Å². The maximum absolute atomic E-state index is 9.41. The maximum Gasteiger partial charge on any atom is 0.115 e. The lowest BCUT2D eigenvalue weighted by Gasteiger charge is -2.16. The van der Waals surface area contributed by atoms with Gasteiger partial charge in [-0.3, -0.25) is 0 Å². The van der Waals surface area contributed by atoms with Gasteiger partial charge in [0.2, 0.25) is 0 Å². The van der Waals surface area contributed by atoms with Gasteiger partial charge >= 0.3 is 0 Å². The monoisotopic (exact) mass is 189 g/mol. The summed E-state index contributed by atoms with van der Waals surface area (Å²) in [6, 6.07) is 5.80. The van der Waals surface area contributed by atoms with Gasteiger partial charge in [-0.15, -0.1) is 0 Å². The standard InChI is InChI=1S/C12H15NO/c13-7-9-5-8-6-10(14)1-2-11(8)12(9)3-4-12/h1-2,6,9,14H,3-5,7,13H2. The van der Waals surface area contributed by atoms with Crippen molar-refractivity contribution in [3.05, 3.63) is 29.3 Å². The highest BCUT2D eigenvalue weighted by Gasteiger charge is 2.54. The first kappa shape index (κ1) is 8.30. The number of hydrogen-bond donors (Lipinski definition) is 2.